The van der Waals surface area contributed by atoms with Gasteiger partial charge in [0.1, 0.15) is 6.10 Å². The molecule has 1 aromatic rings. The molecular formula is C18H26N2O4. The Balaban J connectivity index is 1.93. The van der Waals surface area contributed by atoms with E-state index in [1.807, 2.05) is 12.1 Å². The van der Waals surface area contributed by atoms with E-state index in [1.54, 1.807) is 14.2 Å². The van der Waals surface area contributed by atoms with E-state index in [2.05, 4.69) is 10.6 Å². The summed E-state index contributed by atoms with van der Waals surface area (Å²) < 4.78 is 17.5. The largest absolute Gasteiger partial charge is 0.493 e. The SMILES string of the molecule is COc1ccc2c(c1OC)C[C@H](C1CCNCC1)O[C@@H]2CNC=O. The van der Waals surface area contributed by atoms with Gasteiger partial charge in [0.25, 0.3) is 0 Å². The first-order valence-electron chi connectivity index (χ1n) is 8.55. The number of methoxy groups -OCH3 is 2. The molecule has 1 aromatic carbocycles. The van der Waals surface area contributed by atoms with Crippen LogP contribution in [0.1, 0.15) is 30.1 Å². The number of hydrogen-bond donors (Lipinski definition) is 2. The highest BCUT2D eigenvalue weighted by Gasteiger charge is 2.35. The first-order valence-corrected chi connectivity index (χ1v) is 8.55. The lowest BCUT2D eigenvalue weighted by atomic mass is 9.83. The van der Waals surface area contributed by atoms with Crippen molar-refractivity contribution in [2.24, 2.45) is 5.92 Å². The summed E-state index contributed by atoms with van der Waals surface area (Å²) >= 11 is 0. The maximum atomic E-state index is 10.7. The van der Waals surface area contributed by atoms with Crippen LogP contribution >= 0.6 is 0 Å². The Morgan fingerprint density at radius 1 is 1.29 bits per heavy atom. The number of carbonyl (C=O) groups excluding carboxylic acids is 1. The number of hydrogen-bond acceptors (Lipinski definition) is 5. The Morgan fingerprint density at radius 2 is 2.08 bits per heavy atom. The van der Waals surface area contributed by atoms with Crippen molar-refractivity contribution in [3.05, 3.63) is 23.3 Å². The Hall–Kier alpha value is -1.79. The Labute approximate surface area is 142 Å². The second-order valence-electron chi connectivity index (χ2n) is 6.35. The van der Waals surface area contributed by atoms with Crippen molar-refractivity contribution < 1.29 is 19.0 Å². The van der Waals surface area contributed by atoms with E-state index in [4.69, 9.17) is 14.2 Å². The molecule has 6 heteroatoms. The van der Waals surface area contributed by atoms with Crippen molar-refractivity contribution in [1.82, 2.24) is 10.6 Å². The molecule has 132 valence electrons. The molecule has 1 fully saturated rings. The molecule has 2 heterocycles. The normalized spacial score (nSPS) is 24.1. The van der Waals surface area contributed by atoms with Crippen LogP contribution in [0.3, 0.4) is 0 Å². The van der Waals surface area contributed by atoms with Crippen molar-refractivity contribution in [2.45, 2.75) is 31.5 Å². The fraction of sp³-hybridized carbons (Fsp3) is 0.611. The van der Waals surface area contributed by atoms with Crippen LogP contribution in [-0.4, -0.2) is 46.4 Å². The highest BCUT2D eigenvalue weighted by Crippen LogP contribution is 2.43. The molecule has 3 rings (SSSR count). The molecule has 0 aliphatic carbocycles. The van der Waals surface area contributed by atoms with Gasteiger partial charge in [0.05, 0.1) is 20.3 Å². The standard InChI is InChI=1S/C18H26N2O4/c1-22-15-4-3-13-14(18(15)23-2)9-16(12-5-7-19-8-6-12)24-17(13)10-20-11-21/h3-4,11-12,16-17,19H,5-10H2,1-2H3,(H,20,21)/t16-,17-/m1/s1. The first-order chi connectivity index (χ1) is 11.8. The molecule has 2 aliphatic rings. The number of nitrogens with one attached hydrogen (secondary N) is 2. The molecule has 1 amide bonds. The molecule has 0 aromatic heterocycles. The number of fused-ring (bicyclic) bond motifs is 1. The van der Waals surface area contributed by atoms with Crippen LogP contribution in [0.2, 0.25) is 0 Å². The average Bonchev–Trinajstić information content (AvgIpc) is 2.65. The molecule has 2 atom stereocenters. The molecule has 0 unspecified atom stereocenters. The van der Waals surface area contributed by atoms with Gasteiger partial charge in [-0.05, 0) is 43.5 Å². The zero-order chi connectivity index (χ0) is 16.9. The molecule has 2 N–H and O–H groups in total. The van der Waals surface area contributed by atoms with Gasteiger partial charge in [-0.25, -0.2) is 0 Å². The summed E-state index contributed by atoms with van der Waals surface area (Å²) in [6.45, 7) is 2.53. The Kier molecular flexibility index (Phi) is 5.58. The van der Waals surface area contributed by atoms with Gasteiger partial charge in [0, 0.05) is 18.5 Å². The van der Waals surface area contributed by atoms with Crippen LogP contribution in [0.5, 0.6) is 11.5 Å². The summed E-state index contributed by atoms with van der Waals surface area (Å²) in [4.78, 5) is 10.7. The Bertz CT molecular complexity index is 572. The van der Waals surface area contributed by atoms with Crippen molar-refractivity contribution in [1.29, 1.82) is 0 Å². The maximum Gasteiger partial charge on any atom is 0.207 e. The second-order valence-corrected chi connectivity index (χ2v) is 6.35. The first kappa shape index (κ1) is 17.0. The minimum atomic E-state index is -0.154. The molecule has 0 saturated carbocycles. The number of ether oxygens (including phenoxy) is 3. The molecule has 6 nitrogen and oxygen atoms in total. The minimum Gasteiger partial charge on any atom is -0.493 e. The Morgan fingerprint density at radius 3 is 2.75 bits per heavy atom. The van der Waals surface area contributed by atoms with E-state index in [1.165, 1.54) is 0 Å². The lowest BCUT2D eigenvalue weighted by Gasteiger charge is -2.38. The van der Waals surface area contributed by atoms with Crippen molar-refractivity contribution in [3.63, 3.8) is 0 Å². The highest BCUT2D eigenvalue weighted by atomic mass is 16.5. The zero-order valence-electron chi connectivity index (χ0n) is 14.3. The average molecular weight is 334 g/mol. The molecule has 0 radical (unpaired) electrons. The smallest absolute Gasteiger partial charge is 0.207 e. The summed E-state index contributed by atoms with van der Waals surface area (Å²) in [5, 5.41) is 6.16. The maximum absolute atomic E-state index is 10.7. The van der Waals surface area contributed by atoms with E-state index < -0.39 is 0 Å². The van der Waals surface area contributed by atoms with E-state index in [0.29, 0.717) is 12.5 Å². The third-order valence-corrected chi connectivity index (χ3v) is 5.07. The number of rotatable bonds is 6. The lowest BCUT2D eigenvalue weighted by Crippen LogP contribution is -2.41. The predicted octanol–water partition coefficient (Wildman–Crippen LogP) is 1.43. The minimum absolute atomic E-state index is 0.138. The van der Waals surface area contributed by atoms with E-state index in [-0.39, 0.29) is 12.2 Å². The summed E-state index contributed by atoms with van der Waals surface area (Å²) in [6, 6.07) is 3.92. The van der Waals surface area contributed by atoms with Gasteiger partial charge in [-0.15, -0.1) is 0 Å². The van der Waals surface area contributed by atoms with Crippen LogP contribution in [0, 0.1) is 5.92 Å². The van der Waals surface area contributed by atoms with Crippen LogP contribution in [0.4, 0.5) is 0 Å². The molecule has 2 aliphatic heterocycles. The van der Waals surface area contributed by atoms with Gasteiger partial charge in [-0.3, -0.25) is 4.79 Å². The van der Waals surface area contributed by atoms with Gasteiger partial charge in [-0.2, -0.15) is 0 Å². The summed E-state index contributed by atoms with van der Waals surface area (Å²) in [6.07, 6.45) is 3.74. The number of piperidine rings is 1. The van der Waals surface area contributed by atoms with E-state index in [9.17, 15) is 4.79 Å². The monoisotopic (exact) mass is 334 g/mol. The molecular weight excluding hydrogens is 308 g/mol. The van der Waals surface area contributed by atoms with Gasteiger partial charge in [0.15, 0.2) is 11.5 Å². The van der Waals surface area contributed by atoms with Crippen LogP contribution in [0.15, 0.2) is 12.1 Å². The number of carbonyl (C=O) groups is 1. The summed E-state index contributed by atoms with van der Waals surface area (Å²) in [7, 11) is 3.32. The van der Waals surface area contributed by atoms with Crippen molar-refractivity contribution in [2.75, 3.05) is 33.9 Å². The summed E-state index contributed by atoms with van der Waals surface area (Å²) in [5.74, 6) is 2.05. The van der Waals surface area contributed by atoms with Crippen molar-refractivity contribution >= 4 is 6.41 Å². The predicted molar refractivity (Wildman–Crippen MR) is 90.5 cm³/mol. The third-order valence-electron chi connectivity index (χ3n) is 5.07. The zero-order valence-corrected chi connectivity index (χ0v) is 14.3. The van der Waals surface area contributed by atoms with Gasteiger partial charge >= 0.3 is 0 Å². The molecule has 0 spiro atoms. The van der Waals surface area contributed by atoms with E-state index >= 15 is 0 Å². The molecule has 0 bridgehead atoms. The summed E-state index contributed by atoms with van der Waals surface area (Å²) in [5.41, 5.74) is 2.22. The highest BCUT2D eigenvalue weighted by molar-refractivity contribution is 5.53. The number of benzene rings is 1. The van der Waals surface area contributed by atoms with Crippen molar-refractivity contribution in [3.8, 4) is 11.5 Å². The number of amides is 1. The quantitative estimate of drug-likeness (QED) is 0.771. The second kappa shape index (κ2) is 7.85. The van der Waals surface area contributed by atoms with Crippen LogP contribution < -0.4 is 20.1 Å². The fourth-order valence-corrected chi connectivity index (χ4v) is 3.86. The van der Waals surface area contributed by atoms with Crippen LogP contribution in [0.25, 0.3) is 0 Å². The van der Waals surface area contributed by atoms with Gasteiger partial charge in [0.2, 0.25) is 6.41 Å². The molecule has 24 heavy (non-hydrogen) atoms. The molecule has 1 saturated heterocycles. The topological polar surface area (TPSA) is 68.8 Å². The van der Waals surface area contributed by atoms with Gasteiger partial charge < -0.3 is 24.8 Å². The fourth-order valence-electron chi connectivity index (χ4n) is 3.86. The van der Waals surface area contributed by atoms with Gasteiger partial charge in [-0.1, -0.05) is 6.07 Å². The van der Waals surface area contributed by atoms with Crippen LogP contribution in [-0.2, 0) is 16.0 Å². The van der Waals surface area contributed by atoms with E-state index in [0.717, 1.165) is 61.4 Å². The lowest BCUT2D eigenvalue weighted by molar-refractivity contribution is -0.111. The third kappa shape index (κ3) is 3.35.